The van der Waals surface area contributed by atoms with Crippen molar-refractivity contribution < 1.29 is 18.7 Å². The number of imide groups is 1. The smallest absolute Gasteiger partial charge is 0.272 e. The van der Waals surface area contributed by atoms with Gasteiger partial charge in [-0.15, -0.1) is 0 Å². The van der Waals surface area contributed by atoms with E-state index in [4.69, 9.17) is 25.9 Å². The van der Waals surface area contributed by atoms with Gasteiger partial charge in [0.2, 0.25) is 0 Å². The Morgan fingerprint density at radius 3 is 2.39 bits per heavy atom. The van der Waals surface area contributed by atoms with Gasteiger partial charge in [-0.05, 0) is 84.8 Å². The van der Waals surface area contributed by atoms with Crippen molar-refractivity contribution in [2.75, 3.05) is 0 Å². The Morgan fingerprint density at radius 2 is 1.70 bits per heavy atom. The predicted octanol–water partition coefficient (Wildman–Crippen LogP) is 7.16. The number of rotatable bonds is 8. The fourth-order valence-electron chi connectivity index (χ4n) is 4.87. The zero-order valence-electron chi connectivity index (χ0n) is 23.6. The maximum atomic E-state index is 13.7. The summed E-state index contributed by atoms with van der Waals surface area (Å²) in [6, 6.07) is 29.9. The molecule has 5 aromatic rings. The van der Waals surface area contributed by atoms with Crippen molar-refractivity contribution >= 4 is 29.5 Å². The van der Waals surface area contributed by atoms with Crippen molar-refractivity contribution in [3.8, 4) is 28.8 Å². The quantitative estimate of drug-likeness (QED) is 0.138. The summed E-state index contributed by atoms with van der Waals surface area (Å²) >= 11 is 5.98. The van der Waals surface area contributed by atoms with Gasteiger partial charge in [0.05, 0.1) is 24.2 Å². The van der Waals surface area contributed by atoms with Gasteiger partial charge in [-0.2, -0.15) is 10.4 Å². The number of furan rings is 1. The number of ether oxygens (including phenoxy) is 1. The van der Waals surface area contributed by atoms with Crippen LogP contribution >= 0.6 is 11.6 Å². The third-order valence-corrected chi connectivity index (χ3v) is 7.48. The Bertz CT molecular complexity index is 1930. The molecule has 0 saturated carbocycles. The molecule has 0 bridgehead atoms. The molecule has 3 heterocycles. The Labute approximate surface area is 258 Å². The number of halogens is 1. The topological polar surface area (TPSA) is 101 Å². The molecule has 0 radical (unpaired) electrons. The van der Waals surface area contributed by atoms with Gasteiger partial charge in [-0.1, -0.05) is 41.9 Å². The van der Waals surface area contributed by atoms with Crippen LogP contribution in [0.2, 0.25) is 5.02 Å². The first kappa shape index (κ1) is 28.5. The summed E-state index contributed by atoms with van der Waals surface area (Å²) in [6.45, 7) is 1.91. The maximum Gasteiger partial charge on any atom is 0.272 e. The first-order valence-electron chi connectivity index (χ1n) is 13.8. The van der Waals surface area contributed by atoms with Crippen LogP contribution in [0.25, 0.3) is 23.0 Å². The first-order chi connectivity index (χ1) is 21.4. The summed E-state index contributed by atoms with van der Waals surface area (Å²) in [5, 5.41) is 15.4. The normalized spacial score (nSPS) is 14.3. The molecule has 0 atom stereocenters. The summed E-state index contributed by atoms with van der Waals surface area (Å²) < 4.78 is 13.1. The Kier molecular flexibility index (Phi) is 7.96. The molecular formula is C35H25ClN4O4. The van der Waals surface area contributed by atoms with Crippen LogP contribution in [-0.4, -0.2) is 26.5 Å². The summed E-state index contributed by atoms with van der Waals surface area (Å²) in [5.74, 6) is -0.0675. The fourth-order valence-corrected chi connectivity index (χ4v) is 5.00. The van der Waals surface area contributed by atoms with Crippen molar-refractivity contribution in [3.05, 3.63) is 142 Å². The zero-order chi connectivity index (χ0) is 30.6. The van der Waals surface area contributed by atoms with Crippen LogP contribution in [-0.2, 0) is 22.7 Å². The largest absolute Gasteiger partial charge is 0.489 e. The minimum atomic E-state index is -0.655. The number of benzene rings is 3. The van der Waals surface area contributed by atoms with Gasteiger partial charge in [-0.3, -0.25) is 14.5 Å². The lowest BCUT2D eigenvalue weighted by Gasteiger charge is -2.26. The van der Waals surface area contributed by atoms with E-state index in [1.165, 1.54) is 6.26 Å². The summed E-state index contributed by atoms with van der Waals surface area (Å²) in [4.78, 5) is 27.8. The number of aromatic nitrogens is 2. The number of carbonyl (C=O) groups excluding carboxylic acids is 2. The minimum Gasteiger partial charge on any atom is -0.489 e. The summed E-state index contributed by atoms with van der Waals surface area (Å²) in [5.41, 5.74) is 4.30. The molecule has 0 aliphatic carbocycles. The SMILES string of the molecule is CC1=C(C#N)C(=O)N(Cc2ccco2)C(=O)/C1=C/c1cn(-c2ccccc2)nc1-c1ccc(OCc2ccc(Cl)cc2)cc1. The number of para-hydroxylation sites is 1. The highest BCUT2D eigenvalue weighted by atomic mass is 35.5. The molecule has 0 saturated heterocycles. The van der Waals surface area contributed by atoms with E-state index in [1.807, 2.05) is 91.1 Å². The Morgan fingerprint density at radius 1 is 0.955 bits per heavy atom. The summed E-state index contributed by atoms with van der Waals surface area (Å²) in [6.07, 6.45) is 4.97. The molecule has 216 valence electrons. The number of nitrogens with zero attached hydrogens (tertiary/aromatic N) is 4. The van der Waals surface area contributed by atoms with E-state index >= 15 is 0 Å². The molecule has 6 rings (SSSR count). The van der Waals surface area contributed by atoms with Crippen molar-refractivity contribution in [2.24, 2.45) is 0 Å². The highest BCUT2D eigenvalue weighted by Crippen LogP contribution is 2.32. The third-order valence-electron chi connectivity index (χ3n) is 7.23. The van der Waals surface area contributed by atoms with Crippen molar-refractivity contribution in [3.63, 3.8) is 0 Å². The van der Waals surface area contributed by atoms with E-state index in [0.29, 0.717) is 40.0 Å². The third kappa shape index (κ3) is 5.82. The van der Waals surface area contributed by atoms with Crippen molar-refractivity contribution in [2.45, 2.75) is 20.1 Å². The van der Waals surface area contributed by atoms with E-state index in [9.17, 15) is 14.9 Å². The van der Waals surface area contributed by atoms with Gasteiger partial charge in [0, 0.05) is 27.9 Å². The van der Waals surface area contributed by atoms with Crippen LogP contribution < -0.4 is 4.74 Å². The molecule has 8 nitrogen and oxygen atoms in total. The molecule has 1 aliphatic rings. The standard InChI is InChI=1S/C35H25ClN4O4/c1-23-31(34(41)39(35(42)32(23)19-37)21-30-8-5-17-43-30)18-26-20-40(28-6-3-2-4-7-28)38-33(26)25-11-15-29(16-12-25)44-22-24-9-13-27(36)14-10-24/h2-18,20H,21-22H2,1H3/b31-18+. The molecule has 9 heteroatoms. The van der Waals surface area contributed by atoms with Crippen molar-refractivity contribution in [1.29, 1.82) is 5.26 Å². The second kappa shape index (κ2) is 12.3. The average molecular weight is 601 g/mol. The fraction of sp³-hybridized carbons (Fsp3) is 0.0857. The van der Waals surface area contributed by atoms with Crippen molar-refractivity contribution in [1.82, 2.24) is 14.7 Å². The van der Waals surface area contributed by atoms with Gasteiger partial charge in [-0.25, -0.2) is 4.68 Å². The van der Waals surface area contributed by atoms with Crippen LogP contribution in [0.1, 0.15) is 23.8 Å². The lowest BCUT2D eigenvalue weighted by atomic mass is 9.93. The number of hydrogen-bond acceptors (Lipinski definition) is 6. The molecule has 0 spiro atoms. The van der Waals surface area contributed by atoms with E-state index in [1.54, 1.807) is 29.8 Å². The van der Waals surface area contributed by atoms with Gasteiger partial charge in [0.1, 0.15) is 29.8 Å². The number of nitriles is 1. The van der Waals surface area contributed by atoms with Crippen LogP contribution in [0.3, 0.4) is 0 Å². The van der Waals surface area contributed by atoms with Crippen LogP contribution in [0.15, 0.2) is 125 Å². The predicted molar refractivity (Wildman–Crippen MR) is 165 cm³/mol. The Balaban J connectivity index is 1.38. The second-order valence-electron chi connectivity index (χ2n) is 10.1. The number of amides is 2. The van der Waals surface area contributed by atoms with Crippen LogP contribution in [0.4, 0.5) is 0 Å². The molecular weight excluding hydrogens is 576 g/mol. The summed E-state index contributed by atoms with van der Waals surface area (Å²) in [7, 11) is 0. The van der Waals surface area contributed by atoms with E-state index in [0.717, 1.165) is 21.7 Å². The van der Waals surface area contributed by atoms with Gasteiger partial charge in [0.25, 0.3) is 11.8 Å². The number of hydrogen-bond donors (Lipinski definition) is 0. The monoisotopic (exact) mass is 600 g/mol. The molecule has 2 aromatic heterocycles. The van der Waals surface area contributed by atoms with Gasteiger partial charge in [0.15, 0.2) is 0 Å². The minimum absolute atomic E-state index is 0.0892. The van der Waals surface area contributed by atoms with Crippen LogP contribution in [0.5, 0.6) is 5.75 Å². The highest BCUT2D eigenvalue weighted by molar-refractivity contribution is 6.30. The highest BCUT2D eigenvalue weighted by Gasteiger charge is 2.36. The van der Waals surface area contributed by atoms with E-state index in [-0.39, 0.29) is 17.7 Å². The first-order valence-corrected chi connectivity index (χ1v) is 14.1. The molecule has 0 unspecified atom stereocenters. The maximum absolute atomic E-state index is 13.7. The molecule has 0 fully saturated rings. The lowest BCUT2D eigenvalue weighted by molar-refractivity contribution is -0.141. The van der Waals surface area contributed by atoms with Gasteiger partial charge >= 0.3 is 0 Å². The average Bonchev–Trinajstić information content (AvgIpc) is 3.72. The molecule has 0 N–H and O–H groups in total. The Hall–Kier alpha value is -5.65. The van der Waals surface area contributed by atoms with E-state index in [2.05, 4.69) is 0 Å². The van der Waals surface area contributed by atoms with Crippen LogP contribution in [0, 0.1) is 11.3 Å². The molecule has 1 aliphatic heterocycles. The molecule has 3 aromatic carbocycles. The molecule has 44 heavy (non-hydrogen) atoms. The lowest BCUT2D eigenvalue weighted by Crippen LogP contribution is -2.42. The van der Waals surface area contributed by atoms with E-state index < -0.39 is 11.8 Å². The second-order valence-corrected chi connectivity index (χ2v) is 10.5. The molecule has 2 amide bonds. The number of carbonyl (C=O) groups is 2. The van der Waals surface area contributed by atoms with Gasteiger partial charge < -0.3 is 9.15 Å². The zero-order valence-corrected chi connectivity index (χ0v) is 24.4.